The van der Waals surface area contributed by atoms with Crippen LogP contribution in [0.1, 0.15) is 11.3 Å². The quantitative estimate of drug-likeness (QED) is 0.791. The maximum absolute atomic E-state index is 13.2. The van der Waals surface area contributed by atoms with Crippen LogP contribution in [0.2, 0.25) is 0 Å². The molecule has 0 fully saturated rings. The Balaban J connectivity index is 1.89. The van der Waals surface area contributed by atoms with Gasteiger partial charge in [-0.2, -0.15) is 5.10 Å². The molecule has 4 rings (SSSR count). The second kappa shape index (κ2) is 5.59. The number of hydrogen-bond donors (Lipinski definition) is 1. The van der Waals surface area contributed by atoms with Gasteiger partial charge in [0.15, 0.2) is 0 Å². The van der Waals surface area contributed by atoms with Gasteiger partial charge in [0.2, 0.25) is 0 Å². The first kappa shape index (κ1) is 14.1. The second-order valence-corrected chi connectivity index (χ2v) is 5.78. The summed E-state index contributed by atoms with van der Waals surface area (Å²) < 4.78 is 15.0. The third kappa shape index (κ3) is 2.53. The Morgan fingerprint density at radius 3 is 2.78 bits per heavy atom. The van der Waals surface area contributed by atoms with Crippen molar-refractivity contribution in [1.82, 2.24) is 20.1 Å². The van der Waals surface area contributed by atoms with Gasteiger partial charge in [0, 0.05) is 55.8 Å². The van der Waals surface area contributed by atoms with Crippen molar-refractivity contribution >= 4 is 0 Å². The minimum absolute atomic E-state index is 0.239. The minimum atomic E-state index is -0.239. The highest BCUT2D eigenvalue weighted by atomic mass is 19.1. The van der Waals surface area contributed by atoms with E-state index in [4.69, 9.17) is 0 Å². The molecule has 1 N–H and O–H groups in total. The molecule has 0 atom stereocenters. The van der Waals surface area contributed by atoms with E-state index in [1.807, 2.05) is 25.5 Å². The molecular weight excluding hydrogens is 291 g/mol. The first-order chi connectivity index (χ1) is 11.2. The summed E-state index contributed by atoms with van der Waals surface area (Å²) in [6.07, 6.45) is 4.82. The zero-order valence-electron chi connectivity index (χ0n) is 12.9. The molecule has 2 aromatic heterocycles. The summed E-state index contributed by atoms with van der Waals surface area (Å²) in [4.78, 5) is 4.51. The molecule has 1 aliphatic heterocycles. The molecule has 0 bridgehead atoms. The number of rotatable bonds is 2. The van der Waals surface area contributed by atoms with E-state index in [9.17, 15) is 4.39 Å². The van der Waals surface area contributed by atoms with Gasteiger partial charge in [-0.1, -0.05) is 0 Å². The van der Waals surface area contributed by atoms with Crippen molar-refractivity contribution in [1.29, 1.82) is 0 Å². The van der Waals surface area contributed by atoms with Crippen LogP contribution in [0.5, 0.6) is 0 Å². The highest BCUT2D eigenvalue weighted by Gasteiger charge is 2.19. The SMILES string of the molecule is Cn1cc(-c2ccnc3c2CNCC3)c(-c2ccc(F)cc2)n1. The molecule has 0 spiro atoms. The van der Waals surface area contributed by atoms with E-state index < -0.39 is 0 Å². The average Bonchev–Trinajstić information content (AvgIpc) is 2.96. The van der Waals surface area contributed by atoms with E-state index in [-0.39, 0.29) is 5.82 Å². The van der Waals surface area contributed by atoms with Crippen molar-refractivity contribution in [3.05, 3.63) is 59.8 Å². The highest BCUT2D eigenvalue weighted by Crippen LogP contribution is 2.34. The molecule has 3 heterocycles. The molecule has 1 aromatic carbocycles. The van der Waals surface area contributed by atoms with Gasteiger partial charge in [-0.15, -0.1) is 0 Å². The molecule has 23 heavy (non-hydrogen) atoms. The average molecular weight is 308 g/mol. The van der Waals surface area contributed by atoms with Crippen LogP contribution >= 0.6 is 0 Å². The Bertz CT molecular complexity index is 852. The van der Waals surface area contributed by atoms with Crippen molar-refractivity contribution < 1.29 is 4.39 Å². The maximum Gasteiger partial charge on any atom is 0.123 e. The maximum atomic E-state index is 13.2. The molecule has 4 nitrogen and oxygen atoms in total. The third-order valence-corrected chi connectivity index (χ3v) is 4.22. The highest BCUT2D eigenvalue weighted by molar-refractivity contribution is 5.82. The summed E-state index contributed by atoms with van der Waals surface area (Å²) in [5, 5.41) is 8.00. The Kier molecular flexibility index (Phi) is 3.42. The predicted molar refractivity (Wildman–Crippen MR) is 87.2 cm³/mol. The third-order valence-electron chi connectivity index (χ3n) is 4.22. The van der Waals surface area contributed by atoms with Crippen molar-refractivity contribution in [2.45, 2.75) is 13.0 Å². The fraction of sp³-hybridized carbons (Fsp3) is 0.222. The lowest BCUT2D eigenvalue weighted by atomic mass is 9.94. The second-order valence-electron chi connectivity index (χ2n) is 5.78. The Labute approximate surface area is 134 Å². The molecule has 116 valence electrons. The molecule has 0 saturated carbocycles. The topological polar surface area (TPSA) is 42.7 Å². The first-order valence-corrected chi connectivity index (χ1v) is 7.70. The van der Waals surface area contributed by atoms with Gasteiger partial charge in [0.05, 0.1) is 0 Å². The Morgan fingerprint density at radius 1 is 1.13 bits per heavy atom. The smallest absolute Gasteiger partial charge is 0.123 e. The lowest BCUT2D eigenvalue weighted by molar-refractivity contribution is 0.628. The summed E-state index contributed by atoms with van der Waals surface area (Å²) in [6.45, 7) is 1.78. The van der Waals surface area contributed by atoms with Crippen LogP contribution in [-0.4, -0.2) is 21.3 Å². The van der Waals surface area contributed by atoms with Crippen LogP contribution in [0.4, 0.5) is 4.39 Å². The molecule has 0 unspecified atom stereocenters. The van der Waals surface area contributed by atoms with Crippen LogP contribution in [0.3, 0.4) is 0 Å². The number of halogens is 1. The summed E-state index contributed by atoms with van der Waals surface area (Å²) in [7, 11) is 1.91. The fourth-order valence-electron chi connectivity index (χ4n) is 3.13. The number of nitrogens with one attached hydrogen (secondary N) is 1. The molecule has 1 aliphatic rings. The Hall–Kier alpha value is -2.53. The van der Waals surface area contributed by atoms with Gasteiger partial charge in [-0.3, -0.25) is 9.67 Å². The van der Waals surface area contributed by atoms with Crippen LogP contribution < -0.4 is 5.32 Å². The number of nitrogens with zero attached hydrogens (tertiary/aromatic N) is 3. The van der Waals surface area contributed by atoms with Crippen molar-refractivity contribution in [3.8, 4) is 22.4 Å². The molecule has 0 saturated heterocycles. The molecule has 0 radical (unpaired) electrons. The van der Waals surface area contributed by atoms with E-state index in [0.29, 0.717) is 0 Å². The largest absolute Gasteiger partial charge is 0.312 e. The summed E-state index contributed by atoms with van der Waals surface area (Å²) in [5.41, 5.74) is 6.36. The van der Waals surface area contributed by atoms with E-state index >= 15 is 0 Å². The van der Waals surface area contributed by atoms with Crippen LogP contribution in [-0.2, 0) is 20.0 Å². The standard InChI is InChI=1S/C18H17FN4/c1-23-11-16(18(22-23)12-2-4-13(19)5-3-12)14-6-9-21-17-7-8-20-10-15(14)17/h2-6,9,11,20H,7-8,10H2,1H3. The van der Waals surface area contributed by atoms with E-state index in [1.54, 1.807) is 16.8 Å². The van der Waals surface area contributed by atoms with Crippen molar-refractivity contribution in [3.63, 3.8) is 0 Å². The van der Waals surface area contributed by atoms with E-state index in [0.717, 1.165) is 47.6 Å². The van der Waals surface area contributed by atoms with Gasteiger partial charge in [0.25, 0.3) is 0 Å². The first-order valence-electron chi connectivity index (χ1n) is 7.70. The van der Waals surface area contributed by atoms with Crippen LogP contribution in [0, 0.1) is 5.82 Å². The number of pyridine rings is 1. The summed E-state index contributed by atoms with van der Waals surface area (Å²) in [6, 6.07) is 8.52. The molecular formula is C18H17FN4. The minimum Gasteiger partial charge on any atom is -0.312 e. The number of benzene rings is 1. The summed E-state index contributed by atoms with van der Waals surface area (Å²) in [5.74, 6) is -0.239. The van der Waals surface area contributed by atoms with Gasteiger partial charge >= 0.3 is 0 Å². The van der Waals surface area contributed by atoms with Gasteiger partial charge in [0.1, 0.15) is 11.5 Å². The Morgan fingerprint density at radius 2 is 1.96 bits per heavy atom. The molecule has 5 heteroatoms. The fourth-order valence-corrected chi connectivity index (χ4v) is 3.13. The zero-order valence-corrected chi connectivity index (χ0v) is 12.9. The predicted octanol–water partition coefficient (Wildman–Crippen LogP) is 2.93. The van der Waals surface area contributed by atoms with Crippen LogP contribution in [0.15, 0.2) is 42.7 Å². The van der Waals surface area contributed by atoms with Gasteiger partial charge in [-0.25, -0.2) is 4.39 Å². The van der Waals surface area contributed by atoms with Crippen molar-refractivity contribution in [2.24, 2.45) is 7.05 Å². The van der Waals surface area contributed by atoms with Crippen molar-refractivity contribution in [2.75, 3.05) is 6.54 Å². The normalized spacial score (nSPS) is 13.8. The number of aromatic nitrogens is 3. The van der Waals surface area contributed by atoms with Gasteiger partial charge < -0.3 is 5.32 Å². The van der Waals surface area contributed by atoms with Crippen LogP contribution in [0.25, 0.3) is 22.4 Å². The zero-order chi connectivity index (χ0) is 15.8. The van der Waals surface area contributed by atoms with Gasteiger partial charge in [-0.05, 0) is 41.5 Å². The lowest BCUT2D eigenvalue weighted by Crippen LogP contribution is -2.25. The number of hydrogen-bond acceptors (Lipinski definition) is 3. The summed E-state index contributed by atoms with van der Waals surface area (Å²) >= 11 is 0. The molecule has 0 amide bonds. The number of fused-ring (bicyclic) bond motifs is 1. The van der Waals surface area contributed by atoms with E-state index in [2.05, 4.69) is 15.4 Å². The monoisotopic (exact) mass is 308 g/mol. The number of aryl methyl sites for hydroxylation is 1. The molecule has 0 aliphatic carbocycles. The molecule has 3 aromatic rings. The van der Waals surface area contributed by atoms with E-state index in [1.165, 1.54) is 17.7 Å². The lowest BCUT2D eigenvalue weighted by Gasteiger charge is -2.19.